The van der Waals surface area contributed by atoms with Gasteiger partial charge in [-0.1, -0.05) is 13.8 Å². The zero-order chi connectivity index (χ0) is 13.6. The van der Waals surface area contributed by atoms with E-state index in [1.165, 1.54) is 14.2 Å². The molecular weight excluding hydrogens is 244 g/mol. The van der Waals surface area contributed by atoms with Crippen LogP contribution >= 0.6 is 0 Å². The summed E-state index contributed by atoms with van der Waals surface area (Å²) in [4.78, 5) is 11.2. The van der Waals surface area contributed by atoms with Crippen molar-refractivity contribution in [2.45, 2.75) is 25.5 Å². The Kier molecular flexibility index (Phi) is 6.13. The van der Waals surface area contributed by atoms with Crippen molar-refractivity contribution < 1.29 is 17.9 Å². The Morgan fingerprint density at radius 3 is 2.41 bits per heavy atom. The summed E-state index contributed by atoms with van der Waals surface area (Å²) in [6.45, 7) is 3.21. The standard InChI is InChI=1S/C10H18N2O4S/c1-5-9(6-11)17(14,15)12(3)7-8(2)10(13)16-4/h8-9H,5,7H2,1-4H3. The van der Waals surface area contributed by atoms with Gasteiger partial charge in [-0.3, -0.25) is 4.79 Å². The van der Waals surface area contributed by atoms with Crippen LogP contribution in [0, 0.1) is 17.2 Å². The van der Waals surface area contributed by atoms with Gasteiger partial charge in [-0.15, -0.1) is 0 Å². The highest BCUT2D eigenvalue weighted by atomic mass is 32.2. The van der Waals surface area contributed by atoms with Gasteiger partial charge in [0.05, 0.1) is 19.1 Å². The van der Waals surface area contributed by atoms with Crippen molar-refractivity contribution in [3.63, 3.8) is 0 Å². The predicted molar refractivity (Wildman–Crippen MR) is 62.4 cm³/mol. The van der Waals surface area contributed by atoms with Crippen molar-refractivity contribution in [1.29, 1.82) is 5.26 Å². The summed E-state index contributed by atoms with van der Waals surface area (Å²) in [5, 5.41) is 7.68. The maximum Gasteiger partial charge on any atom is 0.309 e. The van der Waals surface area contributed by atoms with Crippen LogP contribution in [-0.2, 0) is 19.6 Å². The van der Waals surface area contributed by atoms with E-state index in [1.54, 1.807) is 19.9 Å². The van der Waals surface area contributed by atoms with Gasteiger partial charge in [-0.05, 0) is 6.42 Å². The number of carbonyl (C=O) groups excluding carboxylic acids is 1. The van der Waals surface area contributed by atoms with Crippen molar-refractivity contribution >= 4 is 16.0 Å². The van der Waals surface area contributed by atoms with Gasteiger partial charge in [0.1, 0.15) is 0 Å². The zero-order valence-electron chi connectivity index (χ0n) is 10.5. The van der Waals surface area contributed by atoms with E-state index < -0.39 is 27.2 Å². The molecule has 0 heterocycles. The van der Waals surface area contributed by atoms with E-state index in [-0.39, 0.29) is 13.0 Å². The third-order valence-corrected chi connectivity index (χ3v) is 4.62. The molecule has 0 saturated heterocycles. The summed E-state index contributed by atoms with van der Waals surface area (Å²) in [6.07, 6.45) is 0.218. The molecule has 0 aromatic rings. The van der Waals surface area contributed by atoms with E-state index in [2.05, 4.69) is 4.74 Å². The van der Waals surface area contributed by atoms with Crippen LogP contribution in [0.5, 0.6) is 0 Å². The molecule has 0 spiro atoms. The lowest BCUT2D eigenvalue weighted by atomic mass is 10.2. The number of nitriles is 1. The number of esters is 1. The summed E-state index contributed by atoms with van der Waals surface area (Å²) in [5.41, 5.74) is 0. The molecule has 2 unspecified atom stereocenters. The van der Waals surface area contributed by atoms with Gasteiger partial charge in [0.2, 0.25) is 10.0 Å². The molecule has 0 aromatic carbocycles. The first-order valence-corrected chi connectivity index (χ1v) is 6.74. The predicted octanol–water partition coefficient (Wildman–Crippen LogP) is 0.359. The van der Waals surface area contributed by atoms with Crippen LogP contribution in [0.2, 0.25) is 0 Å². The summed E-state index contributed by atoms with van der Waals surface area (Å²) in [7, 11) is -1.07. The highest BCUT2D eigenvalue weighted by Gasteiger charge is 2.30. The first-order valence-electron chi connectivity index (χ1n) is 5.23. The lowest BCUT2D eigenvalue weighted by Crippen LogP contribution is -2.39. The second kappa shape index (κ2) is 6.57. The van der Waals surface area contributed by atoms with Crippen LogP contribution < -0.4 is 0 Å². The number of sulfonamides is 1. The highest BCUT2D eigenvalue weighted by molar-refractivity contribution is 7.89. The van der Waals surface area contributed by atoms with Gasteiger partial charge >= 0.3 is 5.97 Å². The molecule has 17 heavy (non-hydrogen) atoms. The molecule has 98 valence electrons. The number of carbonyl (C=O) groups is 1. The Balaban J connectivity index is 4.78. The van der Waals surface area contributed by atoms with Crippen LogP contribution in [0.1, 0.15) is 20.3 Å². The minimum atomic E-state index is -3.67. The fourth-order valence-corrected chi connectivity index (χ4v) is 2.77. The number of methoxy groups -OCH3 is 1. The van der Waals surface area contributed by atoms with Crippen LogP contribution in [0.3, 0.4) is 0 Å². The molecule has 0 fully saturated rings. The van der Waals surface area contributed by atoms with Crippen molar-refractivity contribution in [2.75, 3.05) is 20.7 Å². The molecule has 0 aliphatic carbocycles. The fraction of sp³-hybridized carbons (Fsp3) is 0.800. The number of hydrogen-bond acceptors (Lipinski definition) is 5. The van der Waals surface area contributed by atoms with Gasteiger partial charge in [0, 0.05) is 13.6 Å². The molecule has 0 saturated carbocycles. The first kappa shape index (κ1) is 15.9. The number of hydrogen-bond donors (Lipinski definition) is 0. The van der Waals surface area contributed by atoms with Gasteiger partial charge in [-0.25, -0.2) is 12.7 Å². The first-order chi connectivity index (χ1) is 7.81. The van der Waals surface area contributed by atoms with Gasteiger partial charge in [-0.2, -0.15) is 5.26 Å². The molecule has 0 aliphatic rings. The van der Waals surface area contributed by atoms with Gasteiger partial charge in [0.25, 0.3) is 0 Å². The average Bonchev–Trinajstić information content (AvgIpc) is 2.28. The fourth-order valence-electron chi connectivity index (χ4n) is 1.35. The Morgan fingerprint density at radius 1 is 1.53 bits per heavy atom. The molecule has 0 N–H and O–H groups in total. The molecular formula is C10H18N2O4S. The number of rotatable bonds is 6. The number of nitrogens with zero attached hydrogens (tertiary/aromatic N) is 2. The normalized spacial score (nSPS) is 15.1. The molecule has 0 radical (unpaired) electrons. The molecule has 2 atom stereocenters. The SMILES string of the molecule is CCC(C#N)S(=O)(=O)N(C)CC(C)C(=O)OC. The topological polar surface area (TPSA) is 87.5 Å². The minimum absolute atomic E-state index is 0.00713. The molecule has 0 rings (SSSR count). The lowest BCUT2D eigenvalue weighted by Gasteiger charge is -2.21. The third kappa shape index (κ3) is 3.98. The quantitative estimate of drug-likeness (QED) is 0.645. The number of ether oxygens (including phenoxy) is 1. The minimum Gasteiger partial charge on any atom is -0.469 e. The Bertz CT molecular complexity index is 399. The summed E-state index contributed by atoms with van der Waals surface area (Å²) in [6, 6.07) is 1.74. The Morgan fingerprint density at radius 2 is 2.06 bits per heavy atom. The van der Waals surface area contributed by atoms with E-state index >= 15 is 0 Å². The largest absolute Gasteiger partial charge is 0.469 e. The highest BCUT2D eigenvalue weighted by Crippen LogP contribution is 2.12. The second-order valence-corrected chi connectivity index (χ2v) is 6.00. The lowest BCUT2D eigenvalue weighted by molar-refractivity contribution is -0.144. The van der Waals surface area contributed by atoms with Crippen LogP contribution in [-0.4, -0.2) is 44.6 Å². The van der Waals surface area contributed by atoms with Crippen LogP contribution in [0.25, 0.3) is 0 Å². The van der Waals surface area contributed by atoms with E-state index in [0.29, 0.717) is 0 Å². The average molecular weight is 262 g/mol. The second-order valence-electron chi connectivity index (χ2n) is 3.78. The molecule has 6 nitrogen and oxygen atoms in total. The maximum absolute atomic E-state index is 11.9. The van der Waals surface area contributed by atoms with Crippen LogP contribution in [0.15, 0.2) is 0 Å². The van der Waals surface area contributed by atoms with E-state index in [4.69, 9.17) is 5.26 Å². The molecule has 7 heteroatoms. The van der Waals surface area contributed by atoms with Gasteiger partial charge in [0.15, 0.2) is 5.25 Å². The monoisotopic (exact) mass is 262 g/mol. The van der Waals surface area contributed by atoms with Crippen LogP contribution in [0.4, 0.5) is 0 Å². The van der Waals surface area contributed by atoms with E-state index in [9.17, 15) is 13.2 Å². The third-order valence-electron chi connectivity index (χ3n) is 2.44. The smallest absolute Gasteiger partial charge is 0.309 e. The molecule has 0 aromatic heterocycles. The molecule has 0 bridgehead atoms. The summed E-state index contributed by atoms with van der Waals surface area (Å²) < 4.78 is 29.3. The van der Waals surface area contributed by atoms with Crippen molar-refractivity contribution in [3.05, 3.63) is 0 Å². The summed E-state index contributed by atoms with van der Waals surface area (Å²) in [5.74, 6) is -1.03. The van der Waals surface area contributed by atoms with Crippen molar-refractivity contribution in [2.24, 2.45) is 5.92 Å². The molecule has 0 aliphatic heterocycles. The summed E-state index contributed by atoms with van der Waals surface area (Å²) >= 11 is 0. The zero-order valence-corrected chi connectivity index (χ0v) is 11.3. The van der Waals surface area contributed by atoms with Crippen molar-refractivity contribution in [1.82, 2.24) is 4.31 Å². The van der Waals surface area contributed by atoms with E-state index in [1.807, 2.05) is 0 Å². The van der Waals surface area contributed by atoms with Gasteiger partial charge < -0.3 is 4.74 Å². The Labute approximate surface area is 102 Å². The maximum atomic E-state index is 11.9. The van der Waals surface area contributed by atoms with Crippen molar-refractivity contribution in [3.8, 4) is 6.07 Å². The Hall–Kier alpha value is -1.13. The van der Waals surface area contributed by atoms with E-state index in [0.717, 1.165) is 4.31 Å². The molecule has 0 amide bonds.